The van der Waals surface area contributed by atoms with E-state index < -0.39 is 5.60 Å². The summed E-state index contributed by atoms with van der Waals surface area (Å²) < 4.78 is 0. The number of aryl methyl sites for hydroxylation is 1. The van der Waals surface area contributed by atoms with Crippen LogP contribution in [0, 0.1) is 18.8 Å². The minimum atomic E-state index is -0.584. The van der Waals surface area contributed by atoms with Crippen molar-refractivity contribution in [3.05, 3.63) is 47.7 Å². The van der Waals surface area contributed by atoms with Crippen LogP contribution in [0.3, 0.4) is 0 Å². The zero-order valence-electron chi connectivity index (χ0n) is 19.1. The molecule has 1 saturated heterocycles. The smallest absolute Gasteiger partial charge is 0.196 e. The van der Waals surface area contributed by atoms with Gasteiger partial charge < -0.3 is 15.3 Å². The first kappa shape index (κ1) is 21.6. The average Bonchev–Trinajstić information content (AvgIpc) is 3.71. The molecule has 0 bridgehead atoms. The van der Waals surface area contributed by atoms with Crippen molar-refractivity contribution in [3.63, 3.8) is 0 Å². The Morgan fingerprint density at radius 1 is 1.15 bits per heavy atom. The molecule has 3 aromatic rings. The Kier molecular flexibility index (Phi) is 5.33. The Morgan fingerprint density at radius 2 is 1.91 bits per heavy atom. The fourth-order valence-corrected chi connectivity index (χ4v) is 5.25. The number of hydrogen-bond acceptors (Lipinski definition) is 8. The van der Waals surface area contributed by atoms with E-state index in [9.17, 15) is 9.90 Å². The summed E-state index contributed by atoms with van der Waals surface area (Å²) in [6.45, 7) is 3.15. The number of β-amino-alcohol motifs (C(OH)–C–C–N with tert-alkyl or cyclic N) is 1. The molecule has 0 unspecified atom stereocenters. The molecule has 3 fully saturated rings. The van der Waals surface area contributed by atoms with Crippen LogP contribution in [0.5, 0.6) is 0 Å². The largest absolute Gasteiger partial charge is 0.386 e. The van der Waals surface area contributed by atoms with Crippen LogP contribution in [0.1, 0.15) is 36.9 Å². The van der Waals surface area contributed by atoms with Gasteiger partial charge in [0.2, 0.25) is 0 Å². The number of carbonyl (C=O) groups excluding carboxylic acids is 1. The van der Waals surface area contributed by atoms with Gasteiger partial charge in [0.15, 0.2) is 11.0 Å². The highest BCUT2D eigenvalue weighted by Gasteiger charge is 2.52. The number of carbonyl (C=O) groups is 1. The monoisotopic (exact) mass is 476 g/mol. The summed E-state index contributed by atoms with van der Waals surface area (Å²) in [4.78, 5) is 24.7. The van der Waals surface area contributed by atoms with E-state index in [0.717, 1.165) is 47.7 Å². The number of nitrogens with zero attached hydrogens (tertiary/aromatic N) is 4. The van der Waals surface area contributed by atoms with Crippen LogP contribution < -0.4 is 10.2 Å². The van der Waals surface area contributed by atoms with Crippen LogP contribution in [0.2, 0.25) is 0 Å². The average molecular weight is 477 g/mol. The summed E-state index contributed by atoms with van der Waals surface area (Å²) in [7, 11) is 0. The van der Waals surface area contributed by atoms with Gasteiger partial charge in [0, 0.05) is 35.1 Å². The number of anilines is 3. The van der Waals surface area contributed by atoms with Crippen molar-refractivity contribution in [2.45, 2.75) is 54.7 Å². The minimum absolute atomic E-state index is 0.286. The predicted molar refractivity (Wildman–Crippen MR) is 131 cm³/mol. The van der Waals surface area contributed by atoms with Gasteiger partial charge in [0.1, 0.15) is 23.0 Å². The quantitative estimate of drug-likeness (QED) is 0.400. The summed E-state index contributed by atoms with van der Waals surface area (Å²) >= 11 is 1.48. The second-order valence-corrected chi connectivity index (χ2v) is 10.9. The van der Waals surface area contributed by atoms with Crippen molar-refractivity contribution in [2.75, 3.05) is 23.3 Å². The lowest BCUT2D eigenvalue weighted by Gasteiger charge is -2.47. The Balaban J connectivity index is 1.20. The number of rotatable bonds is 9. The number of aliphatic hydroxyl groups is 1. The number of hydrogen-bond donors (Lipinski definition) is 3. The van der Waals surface area contributed by atoms with Crippen molar-refractivity contribution < 1.29 is 9.90 Å². The highest BCUT2D eigenvalue weighted by atomic mass is 32.2. The van der Waals surface area contributed by atoms with E-state index in [1.54, 1.807) is 0 Å². The number of nitrogens with one attached hydrogen (secondary N) is 2. The van der Waals surface area contributed by atoms with Crippen molar-refractivity contribution in [3.8, 4) is 0 Å². The molecule has 3 N–H and O–H groups in total. The van der Waals surface area contributed by atoms with E-state index in [1.807, 2.05) is 43.3 Å². The van der Waals surface area contributed by atoms with Gasteiger partial charge in [-0.05, 0) is 68.0 Å². The molecule has 34 heavy (non-hydrogen) atoms. The number of aromatic nitrogens is 4. The molecule has 0 radical (unpaired) electrons. The van der Waals surface area contributed by atoms with Crippen LogP contribution in [0.15, 0.2) is 46.5 Å². The van der Waals surface area contributed by atoms with E-state index in [2.05, 4.69) is 20.4 Å². The van der Waals surface area contributed by atoms with Gasteiger partial charge in [0.05, 0.1) is 13.1 Å². The van der Waals surface area contributed by atoms with E-state index in [4.69, 9.17) is 9.97 Å². The van der Waals surface area contributed by atoms with E-state index in [0.29, 0.717) is 48.0 Å². The Bertz CT molecular complexity index is 1210. The van der Waals surface area contributed by atoms with Gasteiger partial charge in [0.25, 0.3) is 0 Å². The van der Waals surface area contributed by atoms with E-state index in [-0.39, 0.29) is 5.92 Å². The molecule has 2 aliphatic carbocycles. The van der Waals surface area contributed by atoms with Crippen LogP contribution >= 0.6 is 11.8 Å². The third kappa shape index (κ3) is 4.67. The van der Waals surface area contributed by atoms with Crippen LogP contribution in [-0.2, 0) is 11.2 Å². The highest BCUT2D eigenvalue weighted by Crippen LogP contribution is 2.45. The molecule has 176 valence electrons. The first-order valence-electron chi connectivity index (χ1n) is 11.9. The molecule has 2 aromatic heterocycles. The molecular formula is C25H28N6O2S. The normalized spacial score (nSPS) is 19.1. The van der Waals surface area contributed by atoms with Crippen molar-refractivity contribution >= 4 is 35.0 Å². The van der Waals surface area contributed by atoms with Gasteiger partial charge >= 0.3 is 0 Å². The molecule has 1 aromatic carbocycles. The van der Waals surface area contributed by atoms with Crippen molar-refractivity contribution in [2.24, 2.45) is 11.8 Å². The topological polar surface area (TPSA) is 107 Å². The molecule has 0 spiro atoms. The van der Waals surface area contributed by atoms with Crippen molar-refractivity contribution in [1.29, 1.82) is 0 Å². The molecule has 2 saturated carbocycles. The standard InChI is InChI=1S/C25H28N6O2S/c1-15-10-22(30-29-15)26-21-12-23(31-13-25(33,14-31)18-6-7-18)28-24(27-21)34-19-8-2-16(3-9-19)11-20(32)17-4-5-17/h2-3,8-10,12,17-18,33H,4-7,11,13-14H2,1H3,(H2,26,27,28,29,30). The van der Waals surface area contributed by atoms with Crippen molar-refractivity contribution in [1.82, 2.24) is 20.2 Å². The molecule has 9 heteroatoms. The minimum Gasteiger partial charge on any atom is -0.386 e. The number of aromatic amines is 1. The maximum Gasteiger partial charge on any atom is 0.196 e. The first-order valence-corrected chi connectivity index (χ1v) is 12.7. The SMILES string of the molecule is Cc1cc(Nc2cc(N3CC(O)(C4CC4)C3)nc(Sc3ccc(CC(=O)C4CC4)cc3)n2)n[nH]1. The Labute approximate surface area is 202 Å². The Morgan fingerprint density at radius 3 is 2.56 bits per heavy atom. The molecule has 0 atom stereocenters. The summed E-state index contributed by atoms with van der Waals surface area (Å²) in [6.07, 6.45) is 4.83. The predicted octanol–water partition coefficient (Wildman–Crippen LogP) is 3.89. The van der Waals surface area contributed by atoms with E-state index in [1.165, 1.54) is 11.8 Å². The third-order valence-corrected chi connectivity index (χ3v) is 7.66. The number of H-pyrrole nitrogens is 1. The van der Waals surface area contributed by atoms with E-state index >= 15 is 0 Å². The maximum absolute atomic E-state index is 12.1. The van der Waals surface area contributed by atoms with Gasteiger partial charge in [-0.2, -0.15) is 5.10 Å². The summed E-state index contributed by atoms with van der Waals surface area (Å²) in [5, 5.41) is 21.8. The molecule has 1 aliphatic heterocycles. The fourth-order valence-electron chi connectivity index (χ4n) is 4.48. The summed E-state index contributed by atoms with van der Waals surface area (Å²) in [6, 6.07) is 11.9. The van der Waals surface area contributed by atoms with Gasteiger partial charge in [-0.3, -0.25) is 9.89 Å². The second-order valence-electron chi connectivity index (χ2n) is 9.85. The number of Topliss-reactive ketones (excluding diaryl/α,β-unsaturated/α-hetero) is 1. The summed E-state index contributed by atoms with van der Waals surface area (Å²) in [5.41, 5.74) is 1.43. The summed E-state index contributed by atoms with van der Waals surface area (Å²) in [5.74, 6) is 3.21. The molecule has 3 aliphatic rings. The van der Waals surface area contributed by atoms with Gasteiger partial charge in [-0.15, -0.1) is 0 Å². The molecular weight excluding hydrogens is 448 g/mol. The third-order valence-electron chi connectivity index (χ3n) is 6.79. The fraction of sp³-hybridized carbons (Fsp3) is 0.440. The molecule has 8 nitrogen and oxygen atoms in total. The lowest BCUT2D eigenvalue weighted by molar-refractivity contribution is -0.119. The first-order chi connectivity index (χ1) is 16.4. The van der Waals surface area contributed by atoms with Crippen LogP contribution in [-0.4, -0.2) is 49.7 Å². The highest BCUT2D eigenvalue weighted by molar-refractivity contribution is 7.99. The van der Waals surface area contributed by atoms with Crippen LogP contribution in [0.25, 0.3) is 0 Å². The maximum atomic E-state index is 12.1. The number of benzene rings is 1. The molecule has 6 rings (SSSR count). The zero-order chi connectivity index (χ0) is 23.3. The van der Waals surface area contributed by atoms with Gasteiger partial charge in [-0.1, -0.05) is 12.1 Å². The number of ketones is 1. The molecule has 0 amide bonds. The van der Waals surface area contributed by atoms with Gasteiger partial charge in [-0.25, -0.2) is 9.97 Å². The second kappa shape index (κ2) is 8.39. The van der Waals surface area contributed by atoms with Crippen LogP contribution in [0.4, 0.5) is 17.5 Å². The lowest BCUT2D eigenvalue weighted by atomic mass is 9.89. The zero-order valence-corrected chi connectivity index (χ0v) is 19.9. The Hall–Kier alpha value is -2.91. The molecule has 3 heterocycles. The lowest BCUT2D eigenvalue weighted by Crippen LogP contribution is -2.63.